The van der Waals surface area contributed by atoms with Crippen LogP contribution in [0.25, 0.3) is 0 Å². The van der Waals surface area contributed by atoms with Crippen LogP contribution in [0.5, 0.6) is 0 Å². The van der Waals surface area contributed by atoms with E-state index in [0.29, 0.717) is 18.4 Å². The van der Waals surface area contributed by atoms with Crippen LogP contribution >= 0.6 is 0 Å². The minimum Gasteiger partial charge on any atom is -0.478 e. The van der Waals surface area contributed by atoms with Gasteiger partial charge in [0, 0.05) is 7.05 Å². The van der Waals surface area contributed by atoms with E-state index in [-0.39, 0.29) is 0 Å². The molecule has 0 aromatic heterocycles. The van der Waals surface area contributed by atoms with E-state index in [2.05, 4.69) is 24.9 Å². The predicted octanol–water partition coefficient (Wildman–Crippen LogP) is 2.26. The maximum atomic E-state index is 5.20. The van der Waals surface area contributed by atoms with Crippen molar-refractivity contribution < 1.29 is 4.74 Å². The molecule has 0 aromatic rings. The van der Waals surface area contributed by atoms with Crippen LogP contribution in [-0.4, -0.2) is 19.6 Å². The molecule has 0 amide bonds. The van der Waals surface area contributed by atoms with Crippen molar-refractivity contribution in [1.82, 2.24) is 0 Å². The zero-order valence-corrected chi connectivity index (χ0v) is 7.79. The van der Waals surface area contributed by atoms with Gasteiger partial charge >= 0.3 is 0 Å². The van der Waals surface area contributed by atoms with Crippen molar-refractivity contribution in [2.75, 3.05) is 13.7 Å². The van der Waals surface area contributed by atoms with E-state index in [1.54, 1.807) is 7.05 Å². The Balaban J connectivity index is 3.88. The lowest BCUT2D eigenvalue weighted by atomic mass is 10.2. The lowest BCUT2D eigenvalue weighted by molar-refractivity contribution is 0.329. The molecule has 0 radical (unpaired) electrons. The molecule has 0 fully saturated rings. The van der Waals surface area contributed by atoms with Crippen LogP contribution in [0.4, 0.5) is 0 Å². The lowest BCUT2D eigenvalue weighted by Gasteiger charge is -2.00. The van der Waals surface area contributed by atoms with Crippen LogP contribution in [0.15, 0.2) is 17.1 Å². The summed E-state index contributed by atoms with van der Waals surface area (Å²) in [5.74, 6) is 1.26. The Morgan fingerprint density at radius 1 is 1.55 bits per heavy atom. The van der Waals surface area contributed by atoms with Gasteiger partial charge in [-0.05, 0) is 18.9 Å². The normalized spacial score (nSPS) is 13.0. The summed E-state index contributed by atoms with van der Waals surface area (Å²) in [4.78, 5) is 3.96. The summed E-state index contributed by atoms with van der Waals surface area (Å²) in [5, 5.41) is 0. The molecule has 0 heterocycles. The topological polar surface area (TPSA) is 21.6 Å². The van der Waals surface area contributed by atoms with E-state index < -0.39 is 0 Å². The van der Waals surface area contributed by atoms with E-state index in [1.807, 2.05) is 13.0 Å². The Hall–Kier alpha value is -0.790. The van der Waals surface area contributed by atoms with Crippen molar-refractivity contribution in [3.63, 3.8) is 0 Å². The third kappa shape index (κ3) is 5.64. The largest absolute Gasteiger partial charge is 0.478 e. The van der Waals surface area contributed by atoms with Crippen molar-refractivity contribution in [3.05, 3.63) is 12.2 Å². The van der Waals surface area contributed by atoms with Crippen molar-refractivity contribution in [3.8, 4) is 0 Å². The van der Waals surface area contributed by atoms with E-state index >= 15 is 0 Å². The summed E-state index contributed by atoms with van der Waals surface area (Å²) in [7, 11) is 1.73. The molecule has 0 unspecified atom stereocenters. The number of hydrogen-bond donors (Lipinski definition) is 0. The van der Waals surface area contributed by atoms with E-state index in [0.717, 1.165) is 0 Å². The van der Waals surface area contributed by atoms with Crippen LogP contribution in [0.3, 0.4) is 0 Å². The number of nitrogens with zero attached hydrogens (tertiary/aromatic N) is 1. The molecule has 0 spiro atoms. The maximum absolute atomic E-state index is 5.20. The molecule has 0 bridgehead atoms. The zero-order valence-electron chi connectivity index (χ0n) is 7.79. The molecule has 2 heteroatoms. The van der Waals surface area contributed by atoms with Gasteiger partial charge in [0.2, 0.25) is 5.90 Å². The Morgan fingerprint density at radius 3 is 2.55 bits per heavy atom. The monoisotopic (exact) mass is 155 g/mol. The Morgan fingerprint density at radius 2 is 2.18 bits per heavy atom. The van der Waals surface area contributed by atoms with Gasteiger partial charge in [0.25, 0.3) is 0 Å². The van der Waals surface area contributed by atoms with Gasteiger partial charge < -0.3 is 4.74 Å². The van der Waals surface area contributed by atoms with Gasteiger partial charge in [-0.3, -0.25) is 4.99 Å². The zero-order chi connectivity index (χ0) is 8.69. The molecule has 0 saturated carbocycles. The SMILES string of the molecule is CCOC(/C=C\C(C)C)=N/C. The molecular formula is C9H17NO. The molecule has 11 heavy (non-hydrogen) atoms. The summed E-state index contributed by atoms with van der Waals surface area (Å²) >= 11 is 0. The predicted molar refractivity (Wildman–Crippen MR) is 49.0 cm³/mol. The average Bonchev–Trinajstić information content (AvgIpc) is 1.97. The highest BCUT2D eigenvalue weighted by molar-refractivity contribution is 5.87. The quantitative estimate of drug-likeness (QED) is 0.452. The number of allylic oxidation sites excluding steroid dienone is 1. The molecule has 0 saturated heterocycles. The van der Waals surface area contributed by atoms with Crippen LogP contribution in [-0.2, 0) is 4.74 Å². The number of aliphatic imine (C=N–C) groups is 1. The smallest absolute Gasteiger partial charge is 0.207 e. The second-order valence-corrected chi connectivity index (χ2v) is 2.60. The fraction of sp³-hybridized carbons (Fsp3) is 0.667. The Labute approximate surface area is 69.0 Å². The number of hydrogen-bond acceptors (Lipinski definition) is 2. The third-order valence-corrected chi connectivity index (χ3v) is 1.14. The minimum atomic E-state index is 0.548. The molecule has 0 aliphatic heterocycles. The van der Waals surface area contributed by atoms with Crippen molar-refractivity contribution >= 4 is 5.90 Å². The molecule has 2 nitrogen and oxygen atoms in total. The first-order valence-electron chi connectivity index (χ1n) is 3.98. The number of ether oxygens (including phenoxy) is 1. The molecule has 0 aliphatic carbocycles. The number of rotatable bonds is 3. The molecule has 0 N–H and O–H groups in total. The fourth-order valence-electron chi connectivity index (χ4n) is 0.610. The van der Waals surface area contributed by atoms with Crippen molar-refractivity contribution in [1.29, 1.82) is 0 Å². The Kier molecular flexibility index (Phi) is 5.53. The summed E-state index contributed by atoms with van der Waals surface area (Å²) in [5.41, 5.74) is 0. The highest BCUT2D eigenvalue weighted by Gasteiger charge is 1.90. The summed E-state index contributed by atoms with van der Waals surface area (Å²) in [6.45, 7) is 6.87. The molecule has 0 aliphatic rings. The summed E-state index contributed by atoms with van der Waals surface area (Å²) < 4.78 is 5.20. The fourth-order valence-corrected chi connectivity index (χ4v) is 0.610. The van der Waals surface area contributed by atoms with Crippen LogP contribution < -0.4 is 0 Å². The summed E-state index contributed by atoms with van der Waals surface area (Å²) in [6.07, 6.45) is 3.98. The van der Waals surface area contributed by atoms with Crippen LogP contribution in [0.1, 0.15) is 20.8 Å². The van der Waals surface area contributed by atoms with Gasteiger partial charge in [0.1, 0.15) is 0 Å². The molecule has 0 atom stereocenters. The first-order chi connectivity index (χ1) is 5.20. The standard InChI is InChI=1S/C9H17NO/c1-5-11-9(10-4)7-6-8(2)3/h6-8H,5H2,1-4H3/b7-6-,10-9+. The van der Waals surface area contributed by atoms with Gasteiger partial charge in [0.15, 0.2) is 0 Å². The van der Waals surface area contributed by atoms with Crippen molar-refractivity contribution in [2.45, 2.75) is 20.8 Å². The molecule has 0 aromatic carbocycles. The average molecular weight is 155 g/mol. The maximum Gasteiger partial charge on any atom is 0.207 e. The molecular weight excluding hydrogens is 138 g/mol. The molecule has 0 rings (SSSR count). The van der Waals surface area contributed by atoms with Gasteiger partial charge in [-0.25, -0.2) is 0 Å². The van der Waals surface area contributed by atoms with Gasteiger partial charge in [-0.1, -0.05) is 19.9 Å². The highest BCUT2D eigenvalue weighted by atomic mass is 16.5. The Bertz CT molecular complexity index is 148. The highest BCUT2D eigenvalue weighted by Crippen LogP contribution is 1.94. The first-order valence-corrected chi connectivity index (χ1v) is 3.98. The third-order valence-electron chi connectivity index (χ3n) is 1.14. The molecule has 64 valence electrons. The lowest BCUT2D eigenvalue weighted by Crippen LogP contribution is -2.00. The van der Waals surface area contributed by atoms with E-state index in [4.69, 9.17) is 4.74 Å². The van der Waals surface area contributed by atoms with E-state index in [1.165, 1.54) is 0 Å². The first kappa shape index (κ1) is 10.2. The van der Waals surface area contributed by atoms with Gasteiger partial charge in [-0.15, -0.1) is 0 Å². The second-order valence-electron chi connectivity index (χ2n) is 2.60. The van der Waals surface area contributed by atoms with Crippen LogP contribution in [0.2, 0.25) is 0 Å². The van der Waals surface area contributed by atoms with E-state index in [9.17, 15) is 0 Å². The van der Waals surface area contributed by atoms with Crippen LogP contribution in [0, 0.1) is 5.92 Å². The minimum absolute atomic E-state index is 0.548. The second kappa shape index (κ2) is 5.96. The van der Waals surface area contributed by atoms with Gasteiger partial charge in [0.05, 0.1) is 6.61 Å². The van der Waals surface area contributed by atoms with Crippen molar-refractivity contribution in [2.24, 2.45) is 10.9 Å². The summed E-state index contributed by atoms with van der Waals surface area (Å²) in [6, 6.07) is 0. The van der Waals surface area contributed by atoms with Gasteiger partial charge in [-0.2, -0.15) is 0 Å².